The van der Waals surface area contributed by atoms with Crippen LogP contribution in [0.25, 0.3) is 10.9 Å². The molecule has 200 valence electrons. The molecule has 38 heavy (non-hydrogen) atoms. The highest BCUT2D eigenvalue weighted by molar-refractivity contribution is 7.89. The van der Waals surface area contributed by atoms with Gasteiger partial charge < -0.3 is 10.6 Å². The molecule has 0 spiro atoms. The van der Waals surface area contributed by atoms with Crippen molar-refractivity contribution in [3.63, 3.8) is 0 Å². The first-order valence-electron chi connectivity index (χ1n) is 12.6. The summed E-state index contributed by atoms with van der Waals surface area (Å²) in [6, 6.07) is 10.9. The largest absolute Gasteiger partial charge is 0.340 e. The minimum absolute atomic E-state index is 0.0594. The van der Waals surface area contributed by atoms with Gasteiger partial charge in [0, 0.05) is 17.8 Å². The van der Waals surface area contributed by atoms with E-state index in [2.05, 4.69) is 20.6 Å². The number of hydrogen-bond acceptors (Lipinski definition) is 8. The summed E-state index contributed by atoms with van der Waals surface area (Å²) in [6.07, 6.45) is 3.56. The summed E-state index contributed by atoms with van der Waals surface area (Å²) < 4.78 is 28.2. The van der Waals surface area contributed by atoms with Crippen LogP contribution in [0, 0.1) is 5.92 Å². The molecule has 2 amide bonds. The minimum atomic E-state index is -4.50. The normalized spacial score (nSPS) is 17.1. The van der Waals surface area contributed by atoms with E-state index in [0.29, 0.717) is 22.8 Å². The van der Waals surface area contributed by atoms with Crippen LogP contribution in [0.3, 0.4) is 0 Å². The van der Waals surface area contributed by atoms with E-state index in [1.165, 1.54) is 24.5 Å². The highest BCUT2D eigenvalue weighted by atomic mass is 32.2. The summed E-state index contributed by atoms with van der Waals surface area (Å²) in [5.41, 5.74) is 0.950. The lowest BCUT2D eigenvalue weighted by molar-refractivity contribution is -0.135. The molecule has 2 atom stereocenters. The molecule has 1 aliphatic heterocycles. The van der Waals surface area contributed by atoms with Crippen LogP contribution in [0.1, 0.15) is 43.5 Å². The molecule has 4 rings (SSSR count). The summed E-state index contributed by atoms with van der Waals surface area (Å²) in [4.78, 5) is 48.6. The van der Waals surface area contributed by atoms with E-state index in [1.54, 1.807) is 12.1 Å². The van der Waals surface area contributed by atoms with E-state index >= 15 is 0 Å². The highest BCUT2D eigenvalue weighted by Crippen LogP contribution is 2.24. The van der Waals surface area contributed by atoms with Gasteiger partial charge in [-0.3, -0.25) is 19.4 Å². The molecule has 1 aromatic carbocycles. The summed E-state index contributed by atoms with van der Waals surface area (Å²) in [6.45, 7) is 4.19. The fourth-order valence-corrected chi connectivity index (χ4v) is 6.05. The van der Waals surface area contributed by atoms with Gasteiger partial charge in [-0.25, -0.2) is 9.29 Å². The fraction of sp³-hybridized carbons (Fsp3) is 0.370. The Morgan fingerprint density at radius 3 is 2.63 bits per heavy atom. The second kappa shape index (κ2) is 11.8. The van der Waals surface area contributed by atoms with E-state index in [9.17, 15) is 22.8 Å². The number of nitrogens with one attached hydrogen (secondary N) is 2. The zero-order valence-corrected chi connectivity index (χ0v) is 22.1. The van der Waals surface area contributed by atoms with Crippen LogP contribution in [-0.4, -0.2) is 65.5 Å². The highest BCUT2D eigenvalue weighted by Gasteiger charge is 2.43. The lowest BCUT2D eigenvalue weighted by Gasteiger charge is -2.32. The van der Waals surface area contributed by atoms with E-state index in [1.807, 2.05) is 38.1 Å². The standard InChI is InChI=1S/C27H31N5O5S/c1-18(2)14-22(31-26(34)20-15-19-8-3-4-9-21(19)30-16-20)27(35)32(23-10-7-12-28-17-24(23)33)38(36,37)25-11-5-6-13-29-25/h3-6,8-9,11,13,15-16,18,22-23,28H,7,10,12,14,17H2,1-2H3,(H,31,34)/t22?,23-/m0/s1. The third kappa shape index (κ3) is 6.05. The summed E-state index contributed by atoms with van der Waals surface area (Å²) in [5.74, 6) is -1.91. The monoisotopic (exact) mass is 537 g/mol. The Kier molecular flexibility index (Phi) is 8.48. The Bertz CT molecular complexity index is 1430. The molecule has 3 aromatic rings. The van der Waals surface area contributed by atoms with Crippen molar-refractivity contribution >= 4 is 38.5 Å². The Morgan fingerprint density at radius 1 is 1.13 bits per heavy atom. The number of hydrogen-bond donors (Lipinski definition) is 2. The van der Waals surface area contributed by atoms with Gasteiger partial charge in [0.15, 0.2) is 10.8 Å². The lowest BCUT2D eigenvalue weighted by Crippen LogP contribution is -2.56. The Labute approximate surface area is 221 Å². The van der Waals surface area contributed by atoms with Crippen molar-refractivity contribution in [2.75, 3.05) is 13.1 Å². The van der Waals surface area contributed by atoms with Gasteiger partial charge >= 0.3 is 0 Å². The molecule has 1 aliphatic rings. The Morgan fingerprint density at radius 2 is 1.89 bits per heavy atom. The number of fused-ring (bicyclic) bond motifs is 1. The second-order valence-electron chi connectivity index (χ2n) is 9.68. The van der Waals surface area contributed by atoms with Crippen molar-refractivity contribution in [2.45, 2.75) is 50.2 Å². The average Bonchev–Trinajstić information content (AvgIpc) is 3.12. The first kappa shape index (κ1) is 27.3. The van der Waals surface area contributed by atoms with Crippen LogP contribution in [0.2, 0.25) is 0 Å². The molecule has 1 unspecified atom stereocenters. The number of aromatic nitrogens is 2. The molecule has 10 nitrogen and oxygen atoms in total. The van der Waals surface area contributed by atoms with Crippen LogP contribution in [0.15, 0.2) is 66.0 Å². The molecule has 3 heterocycles. The van der Waals surface area contributed by atoms with E-state index in [4.69, 9.17) is 0 Å². The Hall–Kier alpha value is -3.70. The second-order valence-corrected chi connectivity index (χ2v) is 11.4. The van der Waals surface area contributed by atoms with E-state index in [0.717, 1.165) is 5.39 Å². The van der Waals surface area contributed by atoms with Crippen molar-refractivity contribution in [3.8, 4) is 0 Å². The maximum absolute atomic E-state index is 14.1. The van der Waals surface area contributed by atoms with Crippen molar-refractivity contribution in [1.82, 2.24) is 24.9 Å². The van der Waals surface area contributed by atoms with Crippen molar-refractivity contribution < 1.29 is 22.8 Å². The van der Waals surface area contributed by atoms with Gasteiger partial charge in [0.05, 0.1) is 17.6 Å². The van der Waals surface area contributed by atoms with Crippen molar-refractivity contribution in [1.29, 1.82) is 0 Å². The number of pyridine rings is 2. The maximum atomic E-state index is 14.1. The molecule has 0 bridgehead atoms. The number of Topliss-reactive ketones (excluding diaryl/α,β-unsaturated/α-hetero) is 1. The third-order valence-electron chi connectivity index (χ3n) is 6.33. The Balaban J connectivity index is 1.71. The summed E-state index contributed by atoms with van der Waals surface area (Å²) in [5, 5.41) is 6.10. The number of para-hydroxylation sites is 1. The smallest absolute Gasteiger partial charge is 0.284 e. The predicted molar refractivity (Wildman–Crippen MR) is 142 cm³/mol. The quantitative estimate of drug-likeness (QED) is 0.446. The van der Waals surface area contributed by atoms with Gasteiger partial charge in [-0.05, 0) is 56.0 Å². The molecular formula is C27H31N5O5S. The van der Waals surface area contributed by atoms with Crippen LogP contribution in [-0.2, 0) is 19.6 Å². The number of ketones is 1. The van der Waals surface area contributed by atoms with Crippen LogP contribution >= 0.6 is 0 Å². The first-order valence-corrected chi connectivity index (χ1v) is 14.0. The van der Waals surface area contributed by atoms with Gasteiger partial charge in [-0.1, -0.05) is 38.1 Å². The number of carbonyl (C=O) groups is 3. The van der Waals surface area contributed by atoms with Gasteiger partial charge in [-0.15, -0.1) is 0 Å². The molecular weight excluding hydrogens is 506 g/mol. The third-order valence-corrected chi connectivity index (χ3v) is 8.05. The average molecular weight is 538 g/mol. The molecule has 1 saturated heterocycles. The van der Waals surface area contributed by atoms with Gasteiger partial charge in [0.25, 0.3) is 21.8 Å². The SMILES string of the molecule is CC(C)CC(NC(=O)c1cnc2ccccc2c1)C(=O)N([C@H]1CCCNCC1=O)S(=O)(=O)c1ccccn1. The molecule has 0 aliphatic carbocycles. The number of rotatable bonds is 8. The summed E-state index contributed by atoms with van der Waals surface area (Å²) >= 11 is 0. The number of nitrogens with zero attached hydrogens (tertiary/aromatic N) is 3. The fourth-order valence-electron chi connectivity index (χ4n) is 4.48. The van der Waals surface area contributed by atoms with Gasteiger partial charge in [0.2, 0.25) is 0 Å². The van der Waals surface area contributed by atoms with E-state index < -0.39 is 39.7 Å². The number of carbonyl (C=O) groups excluding carboxylic acids is 3. The van der Waals surface area contributed by atoms with Crippen LogP contribution in [0.4, 0.5) is 0 Å². The number of sulfonamides is 1. The van der Waals surface area contributed by atoms with Gasteiger partial charge in [0.1, 0.15) is 12.1 Å². The van der Waals surface area contributed by atoms with Crippen molar-refractivity contribution in [2.24, 2.45) is 5.92 Å². The first-order chi connectivity index (χ1) is 18.2. The predicted octanol–water partition coefficient (Wildman–Crippen LogP) is 2.31. The molecule has 0 radical (unpaired) electrons. The number of benzene rings is 1. The lowest BCUT2D eigenvalue weighted by atomic mass is 10.0. The zero-order chi connectivity index (χ0) is 27.3. The topological polar surface area (TPSA) is 138 Å². The zero-order valence-electron chi connectivity index (χ0n) is 21.3. The van der Waals surface area contributed by atoms with Crippen LogP contribution in [0.5, 0.6) is 0 Å². The van der Waals surface area contributed by atoms with E-state index in [-0.39, 0.29) is 35.9 Å². The maximum Gasteiger partial charge on any atom is 0.284 e. The molecule has 0 saturated carbocycles. The van der Waals surface area contributed by atoms with Crippen LogP contribution < -0.4 is 10.6 Å². The minimum Gasteiger partial charge on any atom is -0.340 e. The molecule has 11 heteroatoms. The molecule has 1 fully saturated rings. The molecule has 2 N–H and O–H groups in total. The summed E-state index contributed by atoms with van der Waals surface area (Å²) in [7, 11) is -4.50. The molecule has 2 aromatic heterocycles. The number of amides is 2. The van der Waals surface area contributed by atoms with Gasteiger partial charge in [-0.2, -0.15) is 8.42 Å². The van der Waals surface area contributed by atoms with Crippen molar-refractivity contribution in [3.05, 3.63) is 66.5 Å².